The van der Waals surface area contributed by atoms with Gasteiger partial charge in [-0.15, -0.1) is 0 Å². The molecule has 0 saturated carbocycles. The Morgan fingerprint density at radius 1 is 1.52 bits per heavy atom. The number of piperazine rings is 1. The number of carbonyl (C=O) groups excluding carboxylic acids is 3. The van der Waals surface area contributed by atoms with Crippen molar-refractivity contribution in [3.8, 4) is 5.75 Å². The molecule has 1 fully saturated rings. The number of hydrogen-bond donors (Lipinski definition) is 1. The van der Waals surface area contributed by atoms with Crippen molar-refractivity contribution in [2.75, 3.05) is 13.2 Å². The van der Waals surface area contributed by atoms with Crippen LogP contribution in [0.2, 0.25) is 5.02 Å². The maximum atomic E-state index is 12.1. The quantitative estimate of drug-likeness (QED) is 0.809. The lowest BCUT2D eigenvalue weighted by atomic mass is 10.2. The van der Waals surface area contributed by atoms with Gasteiger partial charge in [0.05, 0.1) is 5.02 Å². The highest BCUT2D eigenvalue weighted by molar-refractivity contribution is 9.10. The van der Waals surface area contributed by atoms with Crippen molar-refractivity contribution in [3.63, 3.8) is 0 Å². The van der Waals surface area contributed by atoms with Crippen molar-refractivity contribution in [3.05, 3.63) is 27.7 Å². The molecule has 1 heterocycles. The first-order valence-electron chi connectivity index (χ1n) is 6.09. The van der Waals surface area contributed by atoms with E-state index in [0.717, 1.165) is 4.47 Å². The summed E-state index contributed by atoms with van der Waals surface area (Å²) < 4.78 is 6.13. The van der Waals surface area contributed by atoms with Crippen LogP contribution in [0.25, 0.3) is 0 Å². The van der Waals surface area contributed by atoms with Crippen LogP contribution in [0.3, 0.4) is 0 Å². The summed E-state index contributed by atoms with van der Waals surface area (Å²) in [5.74, 6) is -1.10. The minimum atomic E-state index is -0.709. The smallest absolute Gasteiger partial charge is 0.261 e. The van der Waals surface area contributed by atoms with Crippen molar-refractivity contribution in [2.45, 2.75) is 13.0 Å². The van der Waals surface area contributed by atoms with Crippen LogP contribution < -0.4 is 10.1 Å². The fourth-order valence-electron chi connectivity index (χ4n) is 1.83. The predicted octanol–water partition coefficient (Wildman–Crippen LogP) is 1.35. The van der Waals surface area contributed by atoms with E-state index in [-0.39, 0.29) is 13.2 Å². The predicted molar refractivity (Wildman–Crippen MR) is 79.0 cm³/mol. The van der Waals surface area contributed by atoms with Crippen molar-refractivity contribution in [1.29, 1.82) is 0 Å². The van der Waals surface area contributed by atoms with E-state index in [4.69, 9.17) is 16.3 Å². The fraction of sp³-hybridized carbons (Fsp3) is 0.308. The normalized spacial score (nSPS) is 18.4. The molecule has 1 aromatic rings. The molecule has 0 aliphatic carbocycles. The van der Waals surface area contributed by atoms with Crippen molar-refractivity contribution in [2.24, 2.45) is 0 Å². The average molecular weight is 376 g/mol. The van der Waals surface area contributed by atoms with Gasteiger partial charge in [-0.1, -0.05) is 27.5 Å². The van der Waals surface area contributed by atoms with E-state index in [9.17, 15) is 14.4 Å². The van der Waals surface area contributed by atoms with Gasteiger partial charge in [0.1, 0.15) is 18.3 Å². The summed E-state index contributed by atoms with van der Waals surface area (Å²) in [4.78, 5) is 36.0. The summed E-state index contributed by atoms with van der Waals surface area (Å²) in [6.45, 7) is 1.09. The van der Waals surface area contributed by atoms with Gasteiger partial charge in [0, 0.05) is 4.47 Å². The number of halogens is 2. The highest BCUT2D eigenvalue weighted by Gasteiger charge is 2.33. The van der Waals surface area contributed by atoms with Gasteiger partial charge < -0.3 is 9.64 Å². The van der Waals surface area contributed by atoms with Gasteiger partial charge in [-0.2, -0.15) is 0 Å². The lowest BCUT2D eigenvalue weighted by Crippen LogP contribution is -2.59. The Hall–Kier alpha value is -1.60. The van der Waals surface area contributed by atoms with Crippen LogP contribution in [0.1, 0.15) is 6.92 Å². The van der Waals surface area contributed by atoms with Gasteiger partial charge in [0.2, 0.25) is 11.8 Å². The average Bonchev–Trinajstić information content (AvgIpc) is 2.41. The van der Waals surface area contributed by atoms with E-state index in [2.05, 4.69) is 21.2 Å². The zero-order valence-corrected chi connectivity index (χ0v) is 13.4. The summed E-state index contributed by atoms with van der Waals surface area (Å²) >= 11 is 9.24. The van der Waals surface area contributed by atoms with Crippen LogP contribution in [0, 0.1) is 0 Å². The minimum absolute atomic E-state index is 0.164. The molecule has 8 heteroatoms. The summed E-state index contributed by atoms with van der Waals surface area (Å²) in [6, 6.07) is 4.28. The lowest BCUT2D eigenvalue weighted by molar-refractivity contribution is -0.150. The van der Waals surface area contributed by atoms with Gasteiger partial charge >= 0.3 is 0 Å². The maximum absolute atomic E-state index is 12.1. The van der Waals surface area contributed by atoms with E-state index in [1.54, 1.807) is 25.1 Å². The van der Waals surface area contributed by atoms with Gasteiger partial charge in [0.15, 0.2) is 6.61 Å². The number of carbonyl (C=O) groups is 3. The second-order valence-corrected chi connectivity index (χ2v) is 5.80. The molecule has 1 aliphatic heterocycles. The van der Waals surface area contributed by atoms with Crippen molar-refractivity contribution < 1.29 is 19.1 Å². The third-order valence-electron chi connectivity index (χ3n) is 2.99. The Kier molecular flexibility index (Phi) is 4.84. The van der Waals surface area contributed by atoms with E-state index >= 15 is 0 Å². The molecular formula is C13H12BrClN2O4. The highest BCUT2D eigenvalue weighted by atomic mass is 79.9. The molecule has 0 aromatic heterocycles. The number of imide groups is 1. The van der Waals surface area contributed by atoms with Crippen molar-refractivity contribution in [1.82, 2.24) is 10.2 Å². The minimum Gasteiger partial charge on any atom is -0.482 e. The van der Waals surface area contributed by atoms with E-state index in [1.807, 2.05) is 0 Å². The Balaban J connectivity index is 2.01. The number of benzene rings is 1. The molecule has 6 nitrogen and oxygen atoms in total. The standard InChI is InChI=1S/C13H12BrClN2O4/c1-7-13(20)16-11(18)5-17(7)12(19)6-21-10-3-2-8(14)4-9(10)15/h2-4,7H,5-6H2,1H3,(H,16,18,20). The largest absolute Gasteiger partial charge is 0.482 e. The maximum Gasteiger partial charge on any atom is 0.261 e. The Morgan fingerprint density at radius 3 is 2.90 bits per heavy atom. The van der Waals surface area contributed by atoms with Crippen LogP contribution in [0.15, 0.2) is 22.7 Å². The molecule has 21 heavy (non-hydrogen) atoms. The van der Waals surface area contributed by atoms with Gasteiger partial charge in [-0.05, 0) is 25.1 Å². The van der Waals surface area contributed by atoms with Crippen LogP contribution in [0.5, 0.6) is 5.75 Å². The lowest BCUT2D eigenvalue weighted by Gasteiger charge is -2.31. The number of hydrogen-bond acceptors (Lipinski definition) is 4. The Morgan fingerprint density at radius 2 is 2.24 bits per heavy atom. The molecule has 1 N–H and O–H groups in total. The Labute approximate surface area is 134 Å². The fourth-order valence-corrected chi connectivity index (χ4v) is 2.56. The monoisotopic (exact) mass is 374 g/mol. The zero-order chi connectivity index (χ0) is 15.6. The Bertz CT molecular complexity index is 608. The highest BCUT2D eigenvalue weighted by Crippen LogP contribution is 2.27. The molecule has 0 bridgehead atoms. The third kappa shape index (κ3) is 3.74. The first-order chi connectivity index (χ1) is 9.88. The van der Waals surface area contributed by atoms with Crippen LogP contribution in [0.4, 0.5) is 0 Å². The molecule has 0 radical (unpaired) electrons. The number of nitrogens with one attached hydrogen (secondary N) is 1. The SMILES string of the molecule is CC1C(=O)NC(=O)CN1C(=O)COc1ccc(Br)cc1Cl. The molecule has 2 rings (SSSR count). The molecule has 1 aromatic carbocycles. The van der Waals surface area contributed by atoms with Crippen LogP contribution >= 0.6 is 27.5 Å². The van der Waals surface area contributed by atoms with Gasteiger partial charge in [0.25, 0.3) is 5.91 Å². The molecule has 3 amide bonds. The van der Waals surface area contributed by atoms with E-state index in [1.165, 1.54) is 4.90 Å². The summed E-state index contributed by atoms with van der Waals surface area (Å²) in [5, 5.41) is 2.52. The first-order valence-corrected chi connectivity index (χ1v) is 7.26. The second-order valence-electron chi connectivity index (χ2n) is 4.47. The summed E-state index contributed by atoms with van der Waals surface area (Å²) in [7, 11) is 0. The van der Waals surface area contributed by atoms with E-state index < -0.39 is 23.8 Å². The topological polar surface area (TPSA) is 75.7 Å². The third-order valence-corrected chi connectivity index (χ3v) is 3.78. The molecule has 112 valence electrons. The summed E-state index contributed by atoms with van der Waals surface area (Å²) in [5.41, 5.74) is 0. The molecule has 1 atom stereocenters. The van der Waals surface area contributed by atoms with Crippen molar-refractivity contribution >= 4 is 45.3 Å². The van der Waals surface area contributed by atoms with Crippen LogP contribution in [-0.4, -0.2) is 41.8 Å². The second kappa shape index (κ2) is 6.44. The zero-order valence-electron chi connectivity index (χ0n) is 11.1. The number of rotatable bonds is 3. The molecule has 1 unspecified atom stereocenters. The number of ether oxygens (including phenoxy) is 1. The van der Waals surface area contributed by atoms with Gasteiger partial charge in [-0.3, -0.25) is 19.7 Å². The summed E-state index contributed by atoms with van der Waals surface area (Å²) in [6.07, 6.45) is 0. The van der Waals surface area contributed by atoms with Gasteiger partial charge in [-0.25, -0.2) is 0 Å². The molecule has 1 saturated heterocycles. The first kappa shape index (κ1) is 15.8. The molecular weight excluding hydrogens is 364 g/mol. The molecule has 1 aliphatic rings. The number of nitrogens with zero attached hydrogens (tertiary/aromatic N) is 1. The van der Waals surface area contributed by atoms with Crippen LogP contribution in [-0.2, 0) is 14.4 Å². The molecule has 0 spiro atoms. The number of amides is 3. The van der Waals surface area contributed by atoms with E-state index in [0.29, 0.717) is 10.8 Å².